The molecule has 1 heterocycles. The van der Waals surface area contributed by atoms with Gasteiger partial charge in [0.1, 0.15) is 6.10 Å². The Morgan fingerprint density at radius 2 is 1.91 bits per heavy atom. The second-order valence-electron chi connectivity index (χ2n) is 3.61. The highest BCUT2D eigenvalue weighted by Crippen LogP contribution is 2.33. The van der Waals surface area contributed by atoms with Crippen LogP contribution in [-0.4, -0.2) is 12.1 Å². The van der Waals surface area contributed by atoms with Gasteiger partial charge in [-0.25, -0.2) is 0 Å². The van der Waals surface area contributed by atoms with Gasteiger partial charge in [0.15, 0.2) is 0 Å². The van der Waals surface area contributed by atoms with Gasteiger partial charge in [-0.05, 0) is 25.2 Å². The van der Waals surface area contributed by atoms with Crippen LogP contribution in [-0.2, 0) is 9.53 Å². The van der Waals surface area contributed by atoms with Gasteiger partial charge in [0.2, 0.25) is 0 Å². The maximum absolute atomic E-state index is 10.8. The first-order chi connectivity index (χ1) is 5.36. The van der Waals surface area contributed by atoms with Crippen LogP contribution in [0.2, 0.25) is 0 Å². The molecule has 2 aliphatic rings. The van der Waals surface area contributed by atoms with Crippen molar-refractivity contribution in [2.75, 3.05) is 0 Å². The first kappa shape index (κ1) is 7.14. The van der Waals surface area contributed by atoms with Gasteiger partial charge in [-0.3, -0.25) is 4.79 Å². The largest absolute Gasteiger partial charge is 0.462 e. The summed E-state index contributed by atoms with van der Waals surface area (Å²) in [4.78, 5) is 10.8. The van der Waals surface area contributed by atoms with Gasteiger partial charge < -0.3 is 4.74 Å². The van der Waals surface area contributed by atoms with Crippen LogP contribution in [0.15, 0.2) is 0 Å². The van der Waals surface area contributed by atoms with Crippen molar-refractivity contribution < 1.29 is 9.53 Å². The van der Waals surface area contributed by atoms with E-state index in [-0.39, 0.29) is 12.1 Å². The van der Waals surface area contributed by atoms with Crippen LogP contribution in [0.25, 0.3) is 0 Å². The number of ether oxygens (including phenoxy) is 1. The van der Waals surface area contributed by atoms with Crippen molar-refractivity contribution in [2.45, 2.75) is 44.6 Å². The van der Waals surface area contributed by atoms with Gasteiger partial charge in [0, 0.05) is 6.42 Å². The Morgan fingerprint density at radius 3 is 2.45 bits per heavy atom. The highest BCUT2D eigenvalue weighted by Gasteiger charge is 2.32. The molecule has 1 saturated carbocycles. The molecule has 0 aromatic heterocycles. The fourth-order valence-corrected chi connectivity index (χ4v) is 2.21. The summed E-state index contributed by atoms with van der Waals surface area (Å²) in [5, 5.41) is 0. The number of carbonyl (C=O) groups is 1. The lowest BCUT2D eigenvalue weighted by Crippen LogP contribution is -2.16. The summed E-state index contributed by atoms with van der Waals surface area (Å²) in [6.45, 7) is 0. The van der Waals surface area contributed by atoms with Crippen LogP contribution in [0.5, 0.6) is 0 Å². The summed E-state index contributed by atoms with van der Waals surface area (Å²) >= 11 is 0. The minimum atomic E-state index is 0.0156. The van der Waals surface area contributed by atoms with E-state index < -0.39 is 0 Å². The molecule has 0 unspecified atom stereocenters. The molecule has 0 radical (unpaired) electrons. The van der Waals surface area contributed by atoms with Gasteiger partial charge in [-0.1, -0.05) is 12.8 Å². The molecule has 62 valence electrons. The molecule has 1 aliphatic carbocycles. The predicted octanol–water partition coefficient (Wildman–Crippen LogP) is 1.88. The summed E-state index contributed by atoms with van der Waals surface area (Å²) in [5.41, 5.74) is 0. The van der Waals surface area contributed by atoms with Crippen molar-refractivity contribution in [1.82, 2.24) is 0 Å². The van der Waals surface area contributed by atoms with Crippen molar-refractivity contribution in [2.24, 2.45) is 5.92 Å². The Labute approximate surface area is 66.9 Å². The monoisotopic (exact) mass is 154 g/mol. The molecule has 1 atom stereocenters. The van der Waals surface area contributed by atoms with E-state index in [4.69, 9.17) is 4.74 Å². The molecule has 0 bridgehead atoms. The first-order valence-corrected chi connectivity index (χ1v) is 4.56. The minimum absolute atomic E-state index is 0.0156. The average molecular weight is 154 g/mol. The molecule has 1 saturated heterocycles. The molecule has 0 N–H and O–H groups in total. The fraction of sp³-hybridized carbons (Fsp3) is 0.889. The Kier molecular flexibility index (Phi) is 1.84. The number of esters is 1. The highest BCUT2D eigenvalue weighted by molar-refractivity contribution is 5.71. The molecular formula is C9H14O2. The van der Waals surface area contributed by atoms with E-state index in [9.17, 15) is 4.79 Å². The van der Waals surface area contributed by atoms with Gasteiger partial charge >= 0.3 is 5.97 Å². The molecule has 11 heavy (non-hydrogen) atoms. The zero-order valence-electron chi connectivity index (χ0n) is 6.71. The van der Waals surface area contributed by atoms with Gasteiger partial charge in [0.05, 0.1) is 0 Å². The zero-order chi connectivity index (χ0) is 7.68. The SMILES string of the molecule is O=C1CC[C@H](C2CCCC2)O1. The molecule has 2 nitrogen and oxygen atoms in total. The lowest BCUT2D eigenvalue weighted by Gasteiger charge is -2.15. The quantitative estimate of drug-likeness (QED) is 0.539. The summed E-state index contributed by atoms with van der Waals surface area (Å²) < 4.78 is 5.21. The molecular weight excluding hydrogens is 140 g/mol. The Bertz CT molecular complexity index is 159. The third-order valence-electron chi connectivity index (χ3n) is 2.84. The molecule has 0 amide bonds. The first-order valence-electron chi connectivity index (χ1n) is 4.56. The van der Waals surface area contributed by atoms with E-state index in [1.807, 2.05) is 0 Å². The third kappa shape index (κ3) is 1.39. The molecule has 2 heteroatoms. The summed E-state index contributed by atoms with van der Waals surface area (Å²) in [7, 11) is 0. The molecule has 0 aromatic carbocycles. The Morgan fingerprint density at radius 1 is 1.18 bits per heavy atom. The van der Waals surface area contributed by atoms with Gasteiger partial charge in [-0.2, -0.15) is 0 Å². The van der Waals surface area contributed by atoms with Gasteiger partial charge in [-0.15, -0.1) is 0 Å². The molecule has 1 aliphatic heterocycles. The normalized spacial score (nSPS) is 32.7. The smallest absolute Gasteiger partial charge is 0.306 e. The summed E-state index contributed by atoms with van der Waals surface area (Å²) in [6.07, 6.45) is 7.13. The number of cyclic esters (lactones) is 1. The molecule has 2 fully saturated rings. The predicted molar refractivity (Wildman–Crippen MR) is 41.1 cm³/mol. The number of hydrogen-bond donors (Lipinski definition) is 0. The van der Waals surface area contributed by atoms with Crippen LogP contribution in [0.1, 0.15) is 38.5 Å². The Balaban J connectivity index is 1.90. The highest BCUT2D eigenvalue weighted by atomic mass is 16.5. The third-order valence-corrected chi connectivity index (χ3v) is 2.84. The van der Waals surface area contributed by atoms with Crippen LogP contribution < -0.4 is 0 Å². The second kappa shape index (κ2) is 2.84. The van der Waals surface area contributed by atoms with E-state index in [1.165, 1.54) is 25.7 Å². The van der Waals surface area contributed by atoms with Crippen molar-refractivity contribution in [3.05, 3.63) is 0 Å². The maximum atomic E-state index is 10.8. The van der Waals surface area contributed by atoms with Crippen LogP contribution >= 0.6 is 0 Å². The minimum Gasteiger partial charge on any atom is -0.462 e. The molecule has 0 aromatic rings. The van der Waals surface area contributed by atoms with Crippen molar-refractivity contribution in [1.29, 1.82) is 0 Å². The zero-order valence-corrected chi connectivity index (χ0v) is 6.71. The van der Waals surface area contributed by atoms with Crippen molar-refractivity contribution in [3.8, 4) is 0 Å². The number of rotatable bonds is 1. The van der Waals surface area contributed by atoms with Gasteiger partial charge in [0.25, 0.3) is 0 Å². The van der Waals surface area contributed by atoms with Crippen LogP contribution in [0, 0.1) is 5.92 Å². The fourth-order valence-electron chi connectivity index (χ4n) is 2.21. The number of hydrogen-bond acceptors (Lipinski definition) is 2. The van der Waals surface area contributed by atoms with E-state index in [2.05, 4.69) is 0 Å². The molecule has 2 rings (SSSR count). The van der Waals surface area contributed by atoms with E-state index in [0.29, 0.717) is 12.3 Å². The van der Waals surface area contributed by atoms with Crippen LogP contribution in [0.3, 0.4) is 0 Å². The second-order valence-corrected chi connectivity index (χ2v) is 3.61. The van der Waals surface area contributed by atoms with E-state index in [1.54, 1.807) is 0 Å². The average Bonchev–Trinajstić information content (AvgIpc) is 2.55. The van der Waals surface area contributed by atoms with Crippen molar-refractivity contribution in [3.63, 3.8) is 0 Å². The van der Waals surface area contributed by atoms with Crippen molar-refractivity contribution >= 4 is 5.97 Å². The topological polar surface area (TPSA) is 26.3 Å². The summed E-state index contributed by atoms with van der Waals surface area (Å²) in [6, 6.07) is 0. The van der Waals surface area contributed by atoms with E-state index in [0.717, 1.165) is 6.42 Å². The van der Waals surface area contributed by atoms with E-state index >= 15 is 0 Å². The lowest BCUT2D eigenvalue weighted by atomic mass is 9.99. The lowest BCUT2D eigenvalue weighted by molar-refractivity contribution is -0.143. The Hall–Kier alpha value is -0.530. The maximum Gasteiger partial charge on any atom is 0.306 e. The van der Waals surface area contributed by atoms with Crippen LogP contribution in [0.4, 0.5) is 0 Å². The summed E-state index contributed by atoms with van der Waals surface area (Å²) in [5.74, 6) is 0.711. The number of carbonyl (C=O) groups excluding carboxylic acids is 1. The molecule has 0 spiro atoms. The standard InChI is InChI=1S/C9H14O2/c10-9-6-5-8(11-9)7-3-1-2-4-7/h7-8H,1-6H2/t8-/m1/s1.